The van der Waals surface area contributed by atoms with Crippen LogP contribution in [0.15, 0.2) is 23.1 Å². The van der Waals surface area contributed by atoms with E-state index in [4.69, 9.17) is 0 Å². The van der Waals surface area contributed by atoms with Crippen LogP contribution in [0.25, 0.3) is 0 Å². The Bertz CT molecular complexity index is 581. The summed E-state index contributed by atoms with van der Waals surface area (Å²) in [6, 6.07) is 3.38. The molecule has 0 saturated carbocycles. The number of ether oxygens (including phenoxy) is 1. The fourth-order valence-corrected chi connectivity index (χ4v) is 2.79. The van der Waals surface area contributed by atoms with Crippen LogP contribution in [0.1, 0.15) is 17.3 Å². The molecule has 0 aromatic heterocycles. The predicted octanol–water partition coefficient (Wildman–Crippen LogP) is 0.922. The summed E-state index contributed by atoms with van der Waals surface area (Å²) in [7, 11) is -2.92. The van der Waals surface area contributed by atoms with Crippen LogP contribution in [0, 0.1) is 5.82 Å². The maximum absolute atomic E-state index is 13.7. The van der Waals surface area contributed by atoms with Gasteiger partial charge < -0.3 is 10.1 Å². The molecule has 6 nitrogen and oxygen atoms in total. The molecular formula is C12H18ClFN2O4S. The summed E-state index contributed by atoms with van der Waals surface area (Å²) in [6.07, 6.45) is 0. The highest BCUT2D eigenvalue weighted by molar-refractivity contribution is 7.89. The molecule has 0 atom stereocenters. The summed E-state index contributed by atoms with van der Waals surface area (Å²) in [5.41, 5.74) is -0.592. The lowest BCUT2D eigenvalue weighted by Crippen LogP contribution is -2.32. The van der Waals surface area contributed by atoms with E-state index >= 15 is 0 Å². The number of hydrogen-bond donors (Lipinski definition) is 2. The molecule has 0 aliphatic carbocycles. The molecule has 0 unspecified atom stereocenters. The van der Waals surface area contributed by atoms with E-state index in [2.05, 4.69) is 14.8 Å². The molecule has 0 aliphatic heterocycles. The first kappa shape index (κ1) is 19.8. The number of hydrogen-bond acceptors (Lipinski definition) is 5. The topological polar surface area (TPSA) is 84.5 Å². The van der Waals surface area contributed by atoms with Crippen LogP contribution >= 0.6 is 12.4 Å². The zero-order valence-corrected chi connectivity index (χ0v) is 13.3. The lowest BCUT2D eigenvalue weighted by molar-refractivity contribution is 0.0590. The molecule has 0 bridgehead atoms. The SMILES string of the molecule is CCNCCNS(=O)(=O)c1cccc(F)c1C(=O)OC.Cl. The van der Waals surface area contributed by atoms with E-state index < -0.39 is 32.3 Å². The number of rotatable bonds is 7. The van der Waals surface area contributed by atoms with Gasteiger partial charge in [0.15, 0.2) is 0 Å². The van der Waals surface area contributed by atoms with E-state index in [1.54, 1.807) is 0 Å². The third kappa shape index (κ3) is 5.24. The fraction of sp³-hybridized carbons (Fsp3) is 0.417. The third-order valence-corrected chi connectivity index (χ3v) is 4.00. The summed E-state index contributed by atoms with van der Waals surface area (Å²) >= 11 is 0. The van der Waals surface area contributed by atoms with Gasteiger partial charge in [0, 0.05) is 13.1 Å². The molecule has 0 saturated heterocycles. The van der Waals surface area contributed by atoms with E-state index in [1.807, 2.05) is 6.92 Å². The molecular weight excluding hydrogens is 323 g/mol. The van der Waals surface area contributed by atoms with Gasteiger partial charge in [0.1, 0.15) is 11.4 Å². The Morgan fingerprint density at radius 3 is 2.57 bits per heavy atom. The highest BCUT2D eigenvalue weighted by Crippen LogP contribution is 2.19. The smallest absolute Gasteiger partial charge is 0.342 e. The van der Waals surface area contributed by atoms with Crippen LogP contribution in [0.5, 0.6) is 0 Å². The number of sulfonamides is 1. The molecule has 1 aromatic rings. The second-order valence-corrected chi connectivity index (χ2v) is 5.59. The maximum atomic E-state index is 13.7. The monoisotopic (exact) mass is 340 g/mol. The van der Waals surface area contributed by atoms with Gasteiger partial charge in [-0.15, -0.1) is 12.4 Å². The van der Waals surface area contributed by atoms with Crippen molar-refractivity contribution >= 4 is 28.4 Å². The Morgan fingerprint density at radius 2 is 2.00 bits per heavy atom. The minimum Gasteiger partial charge on any atom is -0.465 e. The van der Waals surface area contributed by atoms with Crippen molar-refractivity contribution in [1.29, 1.82) is 0 Å². The van der Waals surface area contributed by atoms with Gasteiger partial charge in [-0.2, -0.15) is 0 Å². The van der Waals surface area contributed by atoms with Gasteiger partial charge in [-0.3, -0.25) is 0 Å². The van der Waals surface area contributed by atoms with Gasteiger partial charge in [-0.1, -0.05) is 13.0 Å². The van der Waals surface area contributed by atoms with E-state index in [0.717, 1.165) is 19.2 Å². The van der Waals surface area contributed by atoms with Crippen molar-refractivity contribution in [3.63, 3.8) is 0 Å². The minimum atomic E-state index is -3.98. The van der Waals surface area contributed by atoms with Crippen molar-refractivity contribution in [1.82, 2.24) is 10.0 Å². The number of esters is 1. The first-order chi connectivity index (χ1) is 9.44. The van der Waals surface area contributed by atoms with Crippen LogP contribution in [-0.2, 0) is 14.8 Å². The second kappa shape index (κ2) is 8.93. The zero-order valence-electron chi connectivity index (χ0n) is 11.7. The molecule has 1 rings (SSSR count). The highest BCUT2D eigenvalue weighted by atomic mass is 35.5. The molecule has 0 amide bonds. The lowest BCUT2D eigenvalue weighted by Gasteiger charge is -2.11. The molecule has 0 radical (unpaired) electrons. The van der Waals surface area contributed by atoms with Crippen LogP contribution in [0.2, 0.25) is 0 Å². The molecule has 0 aliphatic rings. The molecule has 2 N–H and O–H groups in total. The normalized spacial score (nSPS) is 10.8. The molecule has 1 aromatic carbocycles. The standard InChI is InChI=1S/C12H17FN2O4S.ClH/c1-3-14-7-8-15-20(17,18)10-6-4-5-9(13)11(10)12(16)19-2;/h4-6,14-15H,3,7-8H2,1-2H3;1H. The first-order valence-electron chi connectivity index (χ1n) is 6.01. The van der Waals surface area contributed by atoms with Crippen LogP contribution in [-0.4, -0.2) is 41.1 Å². The van der Waals surface area contributed by atoms with Crippen molar-refractivity contribution in [2.75, 3.05) is 26.7 Å². The number of carbonyl (C=O) groups excluding carboxylic acids is 1. The van der Waals surface area contributed by atoms with Crippen LogP contribution in [0.3, 0.4) is 0 Å². The Kier molecular flexibility index (Phi) is 8.41. The van der Waals surface area contributed by atoms with Crippen LogP contribution in [0.4, 0.5) is 4.39 Å². The van der Waals surface area contributed by atoms with Gasteiger partial charge in [0.2, 0.25) is 10.0 Å². The van der Waals surface area contributed by atoms with Crippen molar-refractivity contribution in [2.45, 2.75) is 11.8 Å². The van der Waals surface area contributed by atoms with Gasteiger partial charge in [0.25, 0.3) is 0 Å². The zero-order chi connectivity index (χ0) is 15.2. The van der Waals surface area contributed by atoms with Crippen molar-refractivity contribution in [3.05, 3.63) is 29.6 Å². The summed E-state index contributed by atoms with van der Waals surface area (Å²) < 4.78 is 44.5. The lowest BCUT2D eigenvalue weighted by atomic mass is 10.2. The van der Waals surface area contributed by atoms with Gasteiger partial charge in [0.05, 0.1) is 12.0 Å². The summed E-state index contributed by atoms with van der Waals surface area (Å²) in [5, 5.41) is 2.94. The Labute approximate surface area is 129 Å². The average Bonchev–Trinajstić information content (AvgIpc) is 2.42. The predicted molar refractivity (Wildman–Crippen MR) is 78.7 cm³/mol. The molecule has 120 valence electrons. The van der Waals surface area contributed by atoms with E-state index in [0.29, 0.717) is 13.1 Å². The number of carbonyl (C=O) groups is 1. The number of nitrogens with one attached hydrogen (secondary N) is 2. The Hall–Kier alpha value is -1.22. The van der Waals surface area contributed by atoms with Gasteiger partial charge in [-0.05, 0) is 18.7 Å². The summed E-state index contributed by atoms with van der Waals surface area (Å²) in [6.45, 7) is 3.15. The molecule has 0 spiro atoms. The second-order valence-electron chi connectivity index (χ2n) is 3.86. The third-order valence-electron chi connectivity index (χ3n) is 2.50. The highest BCUT2D eigenvalue weighted by Gasteiger charge is 2.25. The minimum absolute atomic E-state index is 0. The van der Waals surface area contributed by atoms with E-state index in [1.165, 1.54) is 6.07 Å². The van der Waals surface area contributed by atoms with Crippen molar-refractivity contribution in [3.8, 4) is 0 Å². The molecule has 0 fully saturated rings. The first-order valence-corrected chi connectivity index (χ1v) is 7.49. The Morgan fingerprint density at radius 1 is 1.33 bits per heavy atom. The summed E-state index contributed by atoms with van der Waals surface area (Å²) in [4.78, 5) is 11.1. The van der Waals surface area contributed by atoms with Gasteiger partial charge >= 0.3 is 5.97 Å². The molecule has 9 heteroatoms. The number of likely N-dealkylation sites (N-methyl/N-ethyl adjacent to an activating group) is 1. The maximum Gasteiger partial charge on any atom is 0.342 e. The fourth-order valence-electron chi connectivity index (χ4n) is 1.56. The molecule has 21 heavy (non-hydrogen) atoms. The van der Waals surface area contributed by atoms with Crippen LogP contribution < -0.4 is 10.0 Å². The number of methoxy groups -OCH3 is 1. The molecule has 0 heterocycles. The number of benzene rings is 1. The van der Waals surface area contributed by atoms with Crippen molar-refractivity contribution < 1.29 is 22.3 Å². The Balaban J connectivity index is 0.00000400. The van der Waals surface area contributed by atoms with E-state index in [-0.39, 0.29) is 19.0 Å². The van der Waals surface area contributed by atoms with Gasteiger partial charge in [-0.25, -0.2) is 22.3 Å². The number of halogens is 2. The summed E-state index contributed by atoms with van der Waals surface area (Å²) in [5.74, 6) is -1.97. The largest absolute Gasteiger partial charge is 0.465 e. The van der Waals surface area contributed by atoms with Crippen molar-refractivity contribution in [2.24, 2.45) is 0 Å². The average molecular weight is 341 g/mol. The quantitative estimate of drug-likeness (QED) is 0.569. The van der Waals surface area contributed by atoms with E-state index in [9.17, 15) is 17.6 Å².